The summed E-state index contributed by atoms with van der Waals surface area (Å²) < 4.78 is 1.22. The van der Waals surface area contributed by atoms with E-state index in [2.05, 4.69) is 68.8 Å². The molecule has 1 aromatic rings. The Labute approximate surface area is 121 Å². The molecule has 1 nitrogen and oxygen atoms in total. The van der Waals surface area contributed by atoms with Crippen LogP contribution in [0.4, 0.5) is 5.69 Å². The van der Waals surface area contributed by atoms with Gasteiger partial charge in [0.15, 0.2) is 0 Å². The molecule has 0 aromatic heterocycles. The predicted molar refractivity (Wildman–Crippen MR) is 82.0 cm³/mol. The van der Waals surface area contributed by atoms with Crippen molar-refractivity contribution in [1.29, 1.82) is 0 Å². The van der Waals surface area contributed by atoms with Gasteiger partial charge in [-0.3, -0.25) is 0 Å². The van der Waals surface area contributed by atoms with Crippen LogP contribution in [0.2, 0.25) is 0 Å². The van der Waals surface area contributed by atoms with E-state index in [9.17, 15) is 0 Å². The van der Waals surface area contributed by atoms with E-state index in [1.54, 1.807) is 0 Å². The van der Waals surface area contributed by atoms with Crippen LogP contribution >= 0.6 is 31.9 Å². The Morgan fingerprint density at radius 2 is 2.18 bits per heavy atom. The largest absolute Gasteiger partial charge is 0.367 e. The molecule has 1 unspecified atom stereocenters. The van der Waals surface area contributed by atoms with E-state index < -0.39 is 0 Å². The lowest BCUT2D eigenvalue weighted by Gasteiger charge is -2.30. The van der Waals surface area contributed by atoms with Gasteiger partial charge in [0.25, 0.3) is 0 Å². The average Bonchev–Trinajstić information content (AvgIpc) is 2.77. The summed E-state index contributed by atoms with van der Waals surface area (Å²) in [4.78, 5) is 2.56. The Balaban J connectivity index is 2.27. The summed E-state index contributed by atoms with van der Waals surface area (Å²) in [6.07, 6.45) is 2.64. The summed E-state index contributed by atoms with van der Waals surface area (Å²) >= 11 is 7.21. The molecular formula is C14H19Br2N. The van der Waals surface area contributed by atoms with Gasteiger partial charge in [-0.15, -0.1) is 0 Å². The van der Waals surface area contributed by atoms with E-state index in [0.717, 1.165) is 11.2 Å². The molecular weight excluding hydrogens is 342 g/mol. The maximum atomic E-state index is 3.71. The molecule has 1 heterocycles. The number of benzene rings is 1. The van der Waals surface area contributed by atoms with Crippen molar-refractivity contribution in [3.05, 3.63) is 28.2 Å². The molecule has 0 bridgehead atoms. The normalized spacial score (nSPS) is 20.3. The maximum absolute atomic E-state index is 3.71. The number of halogens is 2. The van der Waals surface area contributed by atoms with Crippen LogP contribution in [-0.4, -0.2) is 12.6 Å². The molecule has 94 valence electrons. The van der Waals surface area contributed by atoms with Crippen LogP contribution in [0.1, 0.15) is 32.3 Å². The molecule has 1 aliphatic heterocycles. The first kappa shape index (κ1) is 13.4. The third-order valence-electron chi connectivity index (χ3n) is 3.54. The van der Waals surface area contributed by atoms with E-state index in [0.29, 0.717) is 6.04 Å². The minimum atomic E-state index is 0.695. The highest BCUT2D eigenvalue weighted by Crippen LogP contribution is 2.35. The van der Waals surface area contributed by atoms with Gasteiger partial charge in [-0.25, -0.2) is 0 Å². The average molecular weight is 361 g/mol. The van der Waals surface area contributed by atoms with Crippen molar-refractivity contribution >= 4 is 37.5 Å². The minimum absolute atomic E-state index is 0.695. The van der Waals surface area contributed by atoms with Gasteiger partial charge in [0, 0.05) is 22.4 Å². The highest BCUT2D eigenvalue weighted by atomic mass is 79.9. The van der Waals surface area contributed by atoms with E-state index in [1.807, 2.05) is 0 Å². The fraction of sp³-hybridized carbons (Fsp3) is 0.571. The molecule has 2 rings (SSSR count). The van der Waals surface area contributed by atoms with E-state index in [4.69, 9.17) is 0 Å². The number of nitrogens with zero attached hydrogens (tertiary/aromatic N) is 1. The first-order valence-corrected chi connectivity index (χ1v) is 8.16. The zero-order valence-electron chi connectivity index (χ0n) is 10.4. The fourth-order valence-electron chi connectivity index (χ4n) is 2.65. The van der Waals surface area contributed by atoms with E-state index in [-0.39, 0.29) is 0 Å². The van der Waals surface area contributed by atoms with Crippen LogP contribution in [0.15, 0.2) is 22.7 Å². The van der Waals surface area contributed by atoms with Gasteiger partial charge in [0.1, 0.15) is 0 Å². The molecule has 1 aliphatic rings. The number of anilines is 1. The Bertz CT molecular complexity index is 390. The summed E-state index contributed by atoms with van der Waals surface area (Å²) in [7, 11) is 0. The fourth-order valence-corrected chi connectivity index (χ4v) is 3.65. The maximum Gasteiger partial charge on any atom is 0.0513 e. The molecule has 1 saturated heterocycles. The van der Waals surface area contributed by atoms with Gasteiger partial charge in [-0.1, -0.05) is 35.8 Å². The molecule has 0 amide bonds. The Morgan fingerprint density at radius 1 is 1.41 bits per heavy atom. The lowest BCUT2D eigenvalue weighted by atomic mass is 10.0. The molecule has 0 aliphatic carbocycles. The summed E-state index contributed by atoms with van der Waals surface area (Å²) in [5.74, 6) is 0.722. The predicted octanol–water partition coefficient (Wildman–Crippen LogP) is 4.97. The molecule has 0 spiro atoms. The van der Waals surface area contributed by atoms with Gasteiger partial charge in [0.05, 0.1) is 5.69 Å². The van der Waals surface area contributed by atoms with Crippen LogP contribution in [0.25, 0.3) is 0 Å². The molecule has 0 N–H and O–H groups in total. The van der Waals surface area contributed by atoms with Crippen molar-refractivity contribution < 1.29 is 0 Å². The van der Waals surface area contributed by atoms with Crippen molar-refractivity contribution in [2.75, 3.05) is 11.4 Å². The smallest absolute Gasteiger partial charge is 0.0513 e. The topological polar surface area (TPSA) is 3.24 Å². The molecule has 17 heavy (non-hydrogen) atoms. The molecule has 1 fully saturated rings. The standard InChI is InChI=1S/C14H19Br2N/c1-10(2)13-4-3-7-17(13)14-6-5-11(9-15)8-12(14)16/h5-6,8,10,13H,3-4,7,9H2,1-2H3. The van der Waals surface area contributed by atoms with Crippen molar-refractivity contribution in [2.45, 2.75) is 38.1 Å². The third-order valence-corrected chi connectivity index (χ3v) is 4.83. The minimum Gasteiger partial charge on any atom is -0.367 e. The summed E-state index contributed by atoms with van der Waals surface area (Å²) in [6, 6.07) is 7.38. The van der Waals surface area contributed by atoms with Gasteiger partial charge in [-0.05, 0) is 52.4 Å². The quantitative estimate of drug-likeness (QED) is 0.688. The molecule has 1 aromatic carbocycles. The number of alkyl halides is 1. The van der Waals surface area contributed by atoms with Gasteiger partial charge < -0.3 is 4.90 Å². The molecule has 0 saturated carbocycles. The van der Waals surface area contributed by atoms with Crippen LogP contribution in [-0.2, 0) is 5.33 Å². The van der Waals surface area contributed by atoms with Crippen LogP contribution < -0.4 is 4.90 Å². The Morgan fingerprint density at radius 3 is 2.76 bits per heavy atom. The number of hydrogen-bond donors (Lipinski definition) is 0. The lowest BCUT2D eigenvalue weighted by molar-refractivity contribution is 0.491. The summed E-state index contributed by atoms with van der Waals surface area (Å²) in [6.45, 7) is 5.84. The van der Waals surface area contributed by atoms with Crippen LogP contribution in [0, 0.1) is 5.92 Å². The molecule has 3 heteroatoms. The zero-order chi connectivity index (χ0) is 12.4. The third kappa shape index (κ3) is 2.87. The van der Waals surface area contributed by atoms with Crippen LogP contribution in [0.3, 0.4) is 0 Å². The highest BCUT2D eigenvalue weighted by Gasteiger charge is 2.28. The summed E-state index contributed by atoms with van der Waals surface area (Å²) in [5, 5.41) is 0.916. The van der Waals surface area contributed by atoms with Crippen molar-refractivity contribution in [1.82, 2.24) is 0 Å². The van der Waals surface area contributed by atoms with Gasteiger partial charge in [0.2, 0.25) is 0 Å². The van der Waals surface area contributed by atoms with E-state index in [1.165, 1.54) is 35.1 Å². The Hall–Kier alpha value is -0.0200. The number of rotatable bonds is 3. The Kier molecular flexibility index (Phi) is 4.53. The van der Waals surface area contributed by atoms with Crippen LogP contribution in [0.5, 0.6) is 0 Å². The van der Waals surface area contributed by atoms with Crippen molar-refractivity contribution in [2.24, 2.45) is 5.92 Å². The molecule has 1 atom stereocenters. The molecule has 0 radical (unpaired) electrons. The number of hydrogen-bond acceptors (Lipinski definition) is 1. The second-order valence-electron chi connectivity index (χ2n) is 5.07. The first-order chi connectivity index (χ1) is 8.13. The lowest BCUT2D eigenvalue weighted by Crippen LogP contribution is -2.33. The monoisotopic (exact) mass is 359 g/mol. The first-order valence-electron chi connectivity index (χ1n) is 6.24. The SMILES string of the molecule is CC(C)C1CCCN1c1ccc(CBr)cc1Br. The second kappa shape index (κ2) is 5.75. The van der Waals surface area contributed by atoms with Gasteiger partial charge in [-0.2, -0.15) is 0 Å². The van der Waals surface area contributed by atoms with Crippen molar-refractivity contribution in [3.8, 4) is 0 Å². The van der Waals surface area contributed by atoms with Crippen molar-refractivity contribution in [3.63, 3.8) is 0 Å². The summed E-state index contributed by atoms with van der Waals surface area (Å²) in [5.41, 5.74) is 2.67. The highest BCUT2D eigenvalue weighted by molar-refractivity contribution is 9.10. The van der Waals surface area contributed by atoms with E-state index >= 15 is 0 Å². The zero-order valence-corrected chi connectivity index (χ0v) is 13.6. The van der Waals surface area contributed by atoms with Gasteiger partial charge >= 0.3 is 0 Å². The second-order valence-corrected chi connectivity index (χ2v) is 6.48.